The molecule has 0 radical (unpaired) electrons. The first-order chi connectivity index (χ1) is 10.7. The third kappa shape index (κ3) is 2.88. The van der Waals surface area contributed by atoms with E-state index in [-0.39, 0.29) is 5.60 Å². The summed E-state index contributed by atoms with van der Waals surface area (Å²) in [6, 6.07) is 4.02. The fourth-order valence-corrected chi connectivity index (χ4v) is 3.56. The van der Waals surface area contributed by atoms with E-state index in [1.807, 2.05) is 12.1 Å². The lowest BCUT2D eigenvalue weighted by molar-refractivity contribution is -0.0139. The van der Waals surface area contributed by atoms with Crippen molar-refractivity contribution >= 4 is 0 Å². The Kier molecular flexibility index (Phi) is 4.45. The molecular weight excluding hydrogens is 280 g/mol. The first-order valence-electron chi connectivity index (χ1n) is 8.06. The van der Waals surface area contributed by atoms with Gasteiger partial charge in [-0.3, -0.25) is 0 Å². The smallest absolute Gasteiger partial charge is 0.164 e. The summed E-state index contributed by atoms with van der Waals surface area (Å²) in [6.07, 6.45) is 4.25. The van der Waals surface area contributed by atoms with Crippen LogP contribution < -0.4 is 19.9 Å². The number of nitrogens with zero attached hydrogens (tertiary/aromatic N) is 1. The van der Waals surface area contributed by atoms with Gasteiger partial charge in [0.05, 0.1) is 14.2 Å². The average Bonchev–Trinajstić information content (AvgIpc) is 2.56. The minimum absolute atomic E-state index is 0.0162. The normalized spacial score (nSPS) is 20.3. The van der Waals surface area contributed by atoms with Crippen molar-refractivity contribution in [2.24, 2.45) is 5.73 Å². The van der Waals surface area contributed by atoms with Crippen LogP contribution in [-0.4, -0.2) is 50.9 Å². The Morgan fingerprint density at radius 3 is 2.45 bits per heavy atom. The number of fused-ring (bicyclic) bond motifs is 1. The predicted octanol–water partition coefficient (Wildman–Crippen LogP) is 1.82. The zero-order valence-corrected chi connectivity index (χ0v) is 13.6. The molecule has 2 aliphatic rings. The SMILES string of the molecule is COc1cc2c(cc1OC)OC1(CC2)CCN(CCN)CC1. The Hall–Kier alpha value is -1.46. The maximum absolute atomic E-state index is 6.44. The van der Waals surface area contributed by atoms with Crippen molar-refractivity contribution < 1.29 is 14.2 Å². The number of methoxy groups -OCH3 is 2. The van der Waals surface area contributed by atoms with Crippen molar-refractivity contribution in [3.8, 4) is 17.2 Å². The van der Waals surface area contributed by atoms with Gasteiger partial charge in [0.1, 0.15) is 11.4 Å². The van der Waals surface area contributed by atoms with E-state index < -0.39 is 0 Å². The summed E-state index contributed by atoms with van der Waals surface area (Å²) in [5.41, 5.74) is 6.85. The van der Waals surface area contributed by atoms with E-state index in [2.05, 4.69) is 4.90 Å². The quantitative estimate of drug-likeness (QED) is 0.919. The monoisotopic (exact) mass is 306 g/mol. The van der Waals surface area contributed by atoms with Gasteiger partial charge in [-0.1, -0.05) is 0 Å². The van der Waals surface area contributed by atoms with E-state index in [9.17, 15) is 0 Å². The molecule has 1 aromatic rings. The molecule has 22 heavy (non-hydrogen) atoms. The van der Waals surface area contributed by atoms with Gasteiger partial charge in [0, 0.05) is 32.2 Å². The van der Waals surface area contributed by atoms with Crippen LogP contribution in [0.15, 0.2) is 12.1 Å². The zero-order valence-electron chi connectivity index (χ0n) is 13.6. The summed E-state index contributed by atoms with van der Waals surface area (Å²) in [5.74, 6) is 2.47. The molecule has 2 heterocycles. The molecule has 0 aromatic heterocycles. The molecule has 0 atom stereocenters. The minimum atomic E-state index is -0.0162. The number of rotatable bonds is 4. The lowest BCUT2D eigenvalue weighted by atomic mass is 9.83. The van der Waals surface area contributed by atoms with Crippen LogP contribution in [0.4, 0.5) is 0 Å². The third-order valence-corrected chi connectivity index (χ3v) is 4.96. The van der Waals surface area contributed by atoms with Crippen molar-refractivity contribution in [1.82, 2.24) is 4.90 Å². The number of nitrogens with two attached hydrogens (primary N) is 1. The van der Waals surface area contributed by atoms with Gasteiger partial charge in [-0.05, 0) is 37.3 Å². The first-order valence-corrected chi connectivity index (χ1v) is 8.06. The van der Waals surface area contributed by atoms with Gasteiger partial charge in [-0.15, -0.1) is 0 Å². The molecule has 1 aromatic carbocycles. The van der Waals surface area contributed by atoms with Crippen molar-refractivity contribution in [1.29, 1.82) is 0 Å². The number of benzene rings is 1. The number of aryl methyl sites for hydroxylation is 1. The Balaban J connectivity index is 1.76. The summed E-state index contributed by atoms with van der Waals surface area (Å²) >= 11 is 0. The van der Waals surface area contributed by atoms with Crippen LogP contribution in [-0.2, 0) is 6.42 Å². The topological polar surface area (TPSA) is 57.0 Å². The highest BCUT2D eigenvalue weighted by molar-refractivity contribution is 5.51. The molecule has 0 bridgehead atoms. The highest BCUT2D eigenvalue weighted by Crippen LogP contribution is 2.43. The van der Waals surface area contributed by atoms with Crippen molar-refractivity contribution in [3.63, 3.8) is 0 Å². The highest BCUT2D eigenvalue weighted by atomic mass is 16.5. The molecule has 122 valence electrons. The zero-order chi connectivity index (χ0) is 15.6. The molecule has 3 rings (SSSR count). The summed E-state index contributed by atoms with van der Waals surface area (Å²) < 4.78 is 17.2. The summed E-state index contributed by atoms with van der Waals surface area (Å²) in [7, 11) is 3.33. The summed E-state index contributed by atoms with van der Waals surface area (Å²) in [6.45, 7) is 3.85. The van der Waals surface area contributed by atoms with Crippen molar-refractivity contribution in [3.05, 3.63) is 17.7 Å². The molecule has 2 aliphatic heterocycles. The number of likely N-dealkylation sites (tertiary alicyclic amines) is 1. The van der Waals surface area contributed by atoms with E-state index in [4.69, 9.17) is 19.9 Å². The van der Waals surface area contributed by atoms with Crippen LogP contribution in [0.5, 0.6) is 17.2 Å². The van der Waals surface area contributed by atoms with Crippen LogP contribution in [0.25, 0.3) is 0 Å². The third-order valence-electron chi connectivity index (χ3n) is 4.96. The number of ether oxygens (including phenoxy) is 3. The van der Waals surface area contributed by atoms with Gasteiger partial charge in [0.2, 0.25) is 0 Å². The second kappa shape index (κ2) is 6.34. The van der Waals surface area contributed by atoms with Crippen molar-refractivity contribution in [2.45, 2.75) is 31.3 Å². The molecule has 1 fully saturated rings. The molecule has 1 saturated heterocycles. The lowest BCUT2D eigenvalue weighted by Gasteiger charge is -2.44. The van der Waals surface area contributed by atoms with Gasteiger partial charge in [0.15, 0.2) is 11.5 Å². The van der Waals surface area contributed by atoms with E-state index in [1.54, 1.807) is 14.2 Å². The molecule has 0 aliphatic carbocycles. The molecular formula is C17H26N2O3. The average molecular weight is 306 g/mol. The van der Waals surface area contributed by atoms with Gasteiger partial charge in [-0.2, -0.15) is 0 Å². The maximum atomic E-state index is 6.44. The first kappa shape index (κ1) is 15.4. The fourth-order valence-electron chi connectivity index (χ4n) is 3.56. The van der Waals surface area contributed by atoms with Crippen LogP contribution in [0.1, 0.15) is 24.8 Å². The number of hydrogen-bond acceptors (Lipinski definition) is 5. The van der Waals surface area contributed by atoms with Gasteiger partial charge in [0.25, 0.3) is 0 Å². The Bertz CT molecular complexity index is 525. The van der Waals surface area contributed by atoms with Crippen molar-refractivity contribution in [2.75, 3.05) is 40.4 Å². The van der Waals surface area contributed by atoms with Crippen LogP contribution in [0, 0.1) is 0 Å². The Labute approximate surface area is 132 Å². The summed E-state index contributed by atoms with van der Waals surface area (Å²) in [4.78, 5) is 2.43. The second-order valence-electron chi connectivity index (χ2n) is 6.23. The van der Waals surface area contributed by atoms with Crippen LogP contribution >= 0.6 is 0 Å². The largest absolute Gasteiger partial charge is 0.493 e. The summed E-state index contributed by atoms with van der Waals surface area (Å²) in [5, 5.41) is 0. The highest BCUT2D eigenvalue weighted by Gasteiger charge is 2.39. The number of hydrogen-bond donors (Lipinski definition) is 1. The lowest BCUT2D eigenvalue weighted by Crippen LogP contribution is -2.50. The fraction of sp³-hybridized carbons (Fsp3) is 0.647. The molecule has 0 amide bonds. The van der Waals surface area contributed by atoms with E-state index >= 15 is 0 Å². The molecule has 2 N–H and O–H groups in total. The Morgan fingerprint density at radius 1 is 1.14 bits per heavy atom. The van der Waals surface area contributed by atoms with Crippen LogP contribution in [0.2, 0.25) is 0 Å². The second-order valence-corrected chi connectivity index (χ2v) is 6.23. The molecule has 0 unspecified atom stereocenters. The Morgan fingerprint density at radius 2 is 1.82 bits per heavy atom. The van der Waals surface area contributed by atoms with Gasteiger partial charge >= 0.3 is 0 Å². The molecule has 0 saturated carbocycles. The maximum Gasteiger partial charge on any atom is 0.164 e. The standard InChI is InChI=1S/C17H26N2O3/c1-20-15-11-13-3-4-17(22-14(13)12-16(15)21-2)5-8-19(9-6-17)10-7-18/h11-12H,3-10,18H2,1-2H3. The van der Waals surface area contributed by atoms with Gasteiger partial charge < -0.3 is 24.8 Å². The van der Waals surface area contributed by atoms with Gasteiger partial charge in [-0.25, -0.2) is 0 Å². The molecule has 5 heteroatoms. The van der Waals surface area contributed by atoms with E-state index in [0.717, 1.165) is 69.1 Å². The van der Waals surface area contributed by atoms with Crippen LogP contribution in [0.3, 0.4) is 0 Å². The number of piperidine rings is 1. The van der Waals surface area contributed by atoms with E-state index in [1.165, 1.54) is 5.56 Å². The molecule has 1 spiro atoms. The molecule has 5 nitrogen and oxygen atoms in total. The van der Waals surface area contributed by atoms with E-state index in [0.29, 0.717) is 0 Å². The minimum Gasteiger partial charge on any atom is -0.493 e. The predicted molar refractivity (Wildman–Crippen MR) is 86.0 cm³/mol.